The Morgan fingerprint density at radius 2 is 2.15 bits per heavy atom. The average Bonchev–Trinajstić information content (AvgIpc) is 2.61. The van der Waals surface area contributed by atoms with E-state index in [0.717, 1.165) is 13.7 Å². The Morgan fingerprint density at radius 3 is 2.62 bits per heavy atom. The fraction of sp³-hybridized carbons (Fsp3) is 0.143. The van der Waals surface area contributed by atoms with Gasteiger partial charge in [-0.1, -0.05) is 0 Å². The van der Waals surface area contributed by atoms with Gasteiger partial charge in [0.2, 0.25) is 4.73 Å². The highest BCUT2D eigenvalue weighted by Crippen LogP contribution is 2.35. The van der Waals surface area contributed by atoms with Gasteiger partial charge in [-0.2, -0.15) is 4.37 Å². The molecule has 0 aromatic carbocycles. The summed E-state index contributed by atoms with van der Waals surface area (Å²) >= 11 is 9.81. The minimum absolute atomic E-state index is 0.662. The van der Waals surface area contributed by atoms with Crippen LogP contribution in [-0.4, -0.2) is 9.36 Å². The number of nitrogens with zero attached hydrogens (tertiary/aromatic N) is 2. The molecule has 0 fully saturated rings. The van der Waals surface area contributed by atoms with Crippen LogP contribution >= 0.6 is 54.7 Å². The molecule has 0 saturated carbocycles. The van der Waals surface area contributed by atoms with Crippen molar-refractivity contribution in [2.75, 3.05) is 0 Å². The molecule has 0 aliphatic carbocycles. The molecule has 2 rings (SSSR count). The van der Waals surface area contributed by atoms with E-state index < -0.39 is 0 Å². The molecule has 6 heteroatoms. The summed E-state index contributed by atoms with van der Waals surface area (Å²) in [5, 5.41) is 0.964. The second-order valence-corrected chi connectivity index (χ2v) is 6.27. The molecule has 2 aromatic heterocycles. The van der Waals surface area contributed by atoms with E-state index in [1.165, 1.54) is 17.1 Å². The molecular formula is C7H4Br2N2S2. The molecule has 0 saturated heterocycles. The SMILES string of the molecule is Cc1cc(-c2nc(Br)ns2)sc1Br. The van der Waals surface area contributed by atoms with E-state index in [1.54, 1.807) is 11.3 Å². The third kappa shape index (κ3) is 2.01. The number of aryl methyl sites for hydroxylation is 1. The predicted molar refractivity (Wildman–Crippen MR) is 63.4 cm³/mol. The van der Waals surface area contributed by atoms with E-state index in [2.05, 4.69) is 54.2 Å². The molecule has 2 heterocycles. The van der Waals surface area contributed by atoms with E-state index in [0.29, 0.717) is 4.73 Å². The summed E-state index contributed by atoms with van der Waals surface area (Å²) in [6.07, 6.45) is 0. The van der Waals surface area contributed by atoms with Crippen LogP contribution < -0.4 is 0 Å². The van der Waals surface area contributed by atoms with E-state index in [9.17, 15) is 0 Å². The Kier molecular flexibility index (Phi) is 2.83. The molecule has 0 amide bonds. The molecule has 0 bridgehead atoms. The average molecular weight is 340 g/mol. The molecule has 0 N–H and O–H groups in total. The van der Waals surface area contributed by atoms with E-state index in [4.69, 9.17) is 0 Å². The van der Waals surface area contributed by atoms with Gasteiger partial charge in [0.25, 0.3) is 0 Å². The highest BCUT2D eigenvalue weighted by atomic mass is 79.9. The van der Waals surface area contributed by atoms with Gasteiger partial charge in [-0.3, -0.25) is 0 Å². The van der Waals surface area contributed by atoms with Crippen molar-refractivity contribution in [3.63, 3.8) is 0 Å². The third-order valence-corrected chi connectivity index (χ3v) is 5.08. The van der Waals surface area contributed by atoms with E-state index in [-0.39, 0.29) is 0 Å². The van der Waals surface area contributed by atoms with Gasteiger partial charge in [0.15, 0.2) is 5.01 Å². The van der Waals surface area contributed by atoms with Gasteiger partial charge in [0.05, 0.1) is 8.66 Å². The number of thiophene rings is 1. The van der Waals surface area contributed by atoms with Crippen LogP contribution in [0.15, 0.2) is 14.6 Å². The summed E-state index contributed by atoms with van der Waals surface area (Å²) < 4.78 is 5.89. The Bertz CT molecular complexity index is 416. The lowest BCUT2D eigenvalue weighted by molar-refractivity contribution is 1.26. The molecule has 0 spiro atoms. The summed E-state index contributed by atoms with van der Waals surface area (Å²) in [6.45, 7) is 2.07. The molecular weight excluding hydrogens is 336 g/mol. The van der Waals surface area contributed by atoms with Gasteiger partial charge in [-0.15, -0.1) is 11.3 Å². The Balaban J connectivity index is 2.46. The van der Waals surface area contributed by atoms with E-state index in [1.807, 2.05) is 0 Å². The van der Waals surface area contributed by atoms with Gasteiger partial charge in [0.1, 0.15) is 0 Å². The predicted octanol–water partition coefficient (Wildman–Crippen LogP) is 4.10. The summed E-state index contributed by atoms with van der Waals surface area (Å²) in [6, 6.07) is 2.11. The minimum atomic E-state index is 0.662. The zero-order valence-electron chi connectivity index (χ0n) is 6.54. The smallest absolute Gasteiger partial charge is 0.208 e. The van der Waals surface area contributed by atoms with Crippen molar-refractivity contribution in [1.29, 1.82) is 0 Å². The van der Waals surface area contributed by atoms with Gasteiger partial charge in [0, 0.05) is 0 Å². The second-order valence-electron chi connectivity index (χ2n) is 2.44. The minimum Gasteiger partial charge on any atom is -0.208 e. The van der Waals surface area contributed by atoms with Crippen LogP contribution in [0.5, 0.6) is 0 Å². The van der Waals surface area contributed by atoms with Crippen molar-refractivity contribution < 1.29 is 0 Å². The van der Waals surface area contributed by atoms with Gasteiger partial charge in [-0.25, -0.2) is 4.98 Å². The normalized spacial score (nSPS) is 10.7. The van der Waals surface area contributed by atoms with Crippen LogP contribution in [0, 0.1) is 6.92 Å². The summed E-state index contributed by atoms with van der Waals surface area (Å²) in [7, 11) is 0. The Hall–Kier alpha value is 0.220. The molecule has 2 nitrogen and oxygen atoms in total. The van der Waals surface area contributed by atoms with Crippen molar-refractivity contribution in [3.05, 3.63) is 20.1 Å². The molecule has 68 valence electrons. The first-order valence-electron chi connectivity index (χ1n) is 3.42. The number of aromatic nitrogens is 2. The molecule has 0 atom stereocenters. The lowest BCUT2D eigenvalue weighted by Crippen LogP contribution is -1.67. The van der Waals surface area contributed by atoms with Crippen LogP contribution in [0.4, 0.5) is 0 Å². The lowest BCUT2D eigenvalue weighted by atomic mass is 10.3. The van der Waals surface area contributed by atoms with Gasteiger partial charge >= 0.3 is 0 Å². The fourth-order valence-corrected chi connectivity index (χ4v) is 3.52. The Labute approximate surface area is 100 Å². The first kappa shape index (κ1) is 9.76. The van der Waals surface area contributed by atoms with Crippen molar-refractivity contribution in [3.8, 4) is 9.88 Å². The van der Waals surface area contributed by atoms with Crippen LogP contribution in [-0.2, 0) is 0 Å². The van der Waals surface area contributed by atoms with Crippen molar-refractivity contribution in [2.24, 2.45) is 0 Å². The maximum absolute atomic E-state index is 4.25. The second kappa shape index (κ2) is 3.76. The zero-order valence-corrected chi connectivity index (χ0v) is 11.3. The topological polar surface area (TPSA) is 25.8 Å². The van der Waals surface area contributed by atoms with Crippen LogP contribution in [0.1, 0.15) is 5.56 Å². The van der Waals surface area contributed by atoms with Crippen LogP contribution in [0.3, 0.4) is 0 Å². The van der Waals surface area contributed by atoms with Gasteiger partial charge in [-0.05, 0) is 61.9 Å². The maximum atomic E-state index is 4.25. The quantitative estimate of drug-likeness (QED) is 0.781. The number of hydrogen-bond donors (Lipinski definition) is 0. The molecule has 2 aromatic rings. The van der Waals surface area contributed by atoms with E-state index >= 15 is 0 Å². The van der Waals surface area contributed by atoms with Crippen molar-refractivity contribution >= 4 is 54.7 Å². The maximum Gasteiger partial charge on any atom is 0.209 e. The fourth-order valence-electron chi connectivity index (χ4n) is 0.871. The van der Waals surface area contributed by atoms with Crippen LogP contribution in [0.2, 0.25) is 0 Å². The van der Waals surface area contributed by atoms with Crippen molar-refractivity contribution in [1.82, 2.24) is 9.36 Å². The summed E-state index contributed by atoms with van der Waals surface area (Å²) in [4.78, 5) is 5.41. The number of halogens is 2. The van der Waals surface area contributed by atoms with Crippen molar-refractivity contribution in [2.45, 2.75) is 6.92 Å². The standard InChI is InChI=1S/C7H4Br2N2S2/c1-3-2-4(12-5(3)8)6-10-7(9)11-13-6/h2H,1H3. The lowest BCUT2D eigenvalue weighted by Gasteiger charge is -1.83. The first-order valence-corrected chi connectivity index (χ1v) is 6.60. The largest absolute Gasteiger partial charge is 0.209 e. The monoisotopic (exact) mass is 338 g/mol. The number of rotatable bonds is 1. The van der Waals surface area contributed by atoms with Crippen LogP contribution in [0.25, 0.3) is 9.88 Å². The molecule has 0 aliphatic heterocycles. The highest BCUT2D eigenvalue weighted by molar-refractivity contribution is 9.11. The number of hydrogen-bond acceptors (Lipinski definition) is 4. The molecule has 0 unspecified atom stereocenters. The Morgan fingerprint density at radius 1 is 1.38 bits per heavy atom. The molecule has 0 aliphatic rings. The third-order valence-electron chi connectivity index (χ3n) is 1.47. The highest BCUT2D eigenvalue weighted by Gasteiger charge is 2.09. The summed E-state index contributed by atoms with van der Waals surface area (Å²) in [5.74, 6) is 0. The zero-order chi connectivity index (χ0) is 9.42. The molecule has 0 radical (unpaired) electrons. The first-order chi connectivity index (χ1) is 6.16. The summed E-state index contributed by atoms with van der Waals surface area (Å²) in [5.41, 5.74) is 1.24. The van der Waals surface area contributed by atoms with Gasteiger partial charge < -0.3 is 0 Å². The molecule has 13 heavy (non-hydrogen) atoms.